The molecule has 5 rings (SSSR count). The molecule has 1 aliphatic carbocycles. The van der Waals surface area contributed by atoms with Crippen LogP contribution in [0.1, 0.15) is 70.9 Å². The number of morpholine rings is 1. The lowest BCUT2D eigenvalue weighted by atomic mass is 9.73. The Morgan fingerprint density at radius 3 is 2.37 bits per heavy atom. The molecule has 3 aromatic rings. The van der Waals surface area contributed by atoms with Gasteiger partial charge in [0.05, 0.1) is 13.2 Å². The molecule has 0 bridgehead atoms. The van der Waals surface area contributed by atoms with Crippen molar-refractivity contribution in [2.75, 3.05) is 37.7 Å². The van der Waals surface area contributed by atoms with Crippen molar-refractivity contribution in [3.05, 3.63) is 86.3 Å². The lowest BCUT2D eigenvalue weighted by Crippen LogP contribution is -2.38. The molecule has 0 unspecified atom stereocenters. The third kappa shape index (κ3) is 7.42. The van der Waals surface area contributed by atoms with Gasteiger partial charge in [-0.25, -0.2) is 0 Å². The quantitative estimate of drug-likeness (QED) is 0.351. The predicted molar refractivity (Wildman–Crippen MR) is 178 cm³/mol. The summed E-state index contributed by atoms with van der Waals surface area (Å²) in [5, 5.41) is 3.07. The molecule has 0 spiro atoms. The van der Waals surface area contributed by atoms with Gasteiger partial charge in [-0.2, -0.15) is 0 Å². The van der Waals surface area contributed by atoms with Crippen LogP contribution in [-0.2, 0) is 17.8 Å². The molecule has 1 amide bonds. The number of hydrogen-bond acceptors (Lipinski definition) is 5. The number of benzene rings is 2. The molecular formula is C35H47BN4O3. The number of aromatic amines is 1. The van der Waals surface area contributed by atoms with Crippen LogP contribution in [0.2, 0.25) is 5.82 Å². The summed E-state index contributed by atoms with van der Waals surface area (Å²) in [6, 6.07) is 15.5. The van der Waals surface area contributed by atoms with Crippen LogP contribution in [0, 0.1) is 20.8 Å². The second-order valence-corrected chi connectivity index (χ2v) is 12.6. The van der Waals surface area contributed by atoms with Gasteiger partial charge in [-0.15, -0.1) is 0 Å². The Kier molecular flexibility index (Phi) is 10.1. The number of amides is 1. The number of carbonyl (C=O) groups excluding carboxylic acids is 1. The zero-order valence-corrected chi connectivity index (χ0v) is 26.6. The van der Waals surface area contributed by atoms with Gasteiger partial charge in [-0.1, -0.05) is 42.9 Å². The van der Waals surface area contributed by atoms with E-state index in [0.717, 1.165) is 78.8 Å². The number of rotatable bonds is 9. The lowest BCUT2D eigenvalue weighted by molar-refractivity contribution is 0.0342. The minimum Gasteiger partial charge on any atom is -0.379 e. The second kappa shape index (κ2) is 14.0. The topological polar surface area (TPSA) is 77.7 Å². The average Bonchev–Trinajstić information content (AvgIpc) is 2.99. The smallest absolute Gasteiger partial charge is 0.253 e. The highest BCUT2D eigenvalue weighted by Gasteiger charge is 2.26. The zero-order valence-electron chi connectivity index (χ0n) is 26.6. The Hall–Kier alpha value is -3.36. The Balaban J connectivity index is 1.46. The van der Waals surface area contributed by atoms with Crippen molar-refractivity contribution < 1.29 is 9.53 Å². The summed E-state index contributed by atoms with van der Waals surface area (Å²) in [7, 11) is 2.35. The summed E-state index contributed by atoms with van der Waals surface area (Å²) in [5.74, 6) is 0.616. The maximum Gasteiger partial charge on any atom is 0.253 e. The van der Waals surface area contributed by atoms with Crippen LogP contribution >= 0.6 is 0 Å². The van der Waals surface area contributed by atoms with Crippen molar-refractivity contribution in [2.45, 2.75) is 78.3 Å². The Labute approximate surface area is 257 Å². The molecule has 2 aromatic carbocycles. The molecule has 8 heteroatoms. The number of pyridine rings is 1. The monoisotopic (exact) mass is 582 g/mol. The molecule has 2 heterocycles. The number of hydrogen-bond donors (Lipinski definition) is 2. The molecular weight excluding hydrogens is 535 g/mol. The first-order valence-corrected chi connectivity index (χ1v) is 16.0. The van der Waals surface area contributed by atoms with Crippen LogP contribution in [0.25, 0.3) is 11.1 Å². The number of ether oxygens (including phenoxy) is 1. The molecule has 228 valence electrons. The van der Waals surface area contributed by atoms with Crippen molar-refractivity contribution in [3.63, 3.8) is 0 Å². The van der Waals surface area contributed by atoms with E-state index in [1.54, 1.807) is 0 Å². The normalized spacial score (nSPS) is 19.3. The van der Waals surface area contributed by atoms with Gasteiger partial charge in [-0.05, 0) is 86.6 Å². The number of aromatic nitrogens is 1. The first-order valence-electron chi connectivity index (χ1n) is 16.0. The van der Waals surface area contributed by atoms with Gasteiger partial charge >= 0.3 is 0 Å². The summed E-state index contributed by atoms with van der Waals surface area (Å²) in [6.07, 6.45) is 4.82. The van der Waals surface area contributed by atoms with Gasteiger partial charge in [0, 0.05) is 61.3 Å². The van der Waals surface area contributed by atoms with Gasteiger partial charge in [-0.3, -0.25) is 14.5 Å². The third-order valence-corrected chi connectivity index (χ3v) is 9.42. The average molecular weight is 583 g/mol. The summed E-state index contributed by atoms with van der Waals surface area (Å²) < 4.78 is 5.51. The molecule has 2 fully saturated rings. The Morgan fingerprint density at radius 2 is 1.72 bits per heavy atom. The SMILES string of the molecule is B[C@H]1CC[C@H](N(CC)c2cc(-c3ccc(CN4CCOCC4)cc3)cc(C(=O)NCc3c(C)cc(C)[nH]c3=O)c2C)CC1. The maximum absolute atomic E-state index is 13.8. The van der Waals surface area contributed by atoms with Crippen LogP contribution in [0.3, 0.4) is 0 Å². The maximum atomic E-state index is 13.8. The zero-order chi connectivity index (χ0) is 30.5. The van der Waals surface area contributed by atoms with Crippen LogP contribution in [0.4, 0.5) is 5.69 Å². The number of anilines is 1. The molecule has 0 atom stereocenters. The minimum absolute atomic E-state index is 0.148. The number of carbonyl (C=O) groups is 1. The highest BCUT2D eigenvalue weighted by molar-refractivity contribution is 6.11. The van der Waals surface area contributed by atoms with E-state index in [9.17, 15) is 9.59 Å². The highest BCUT2D eigenvalue weighted by atomic mass is 16.5. The van der Waals surface area contributed by atoms with E-state index >= 15 is 0 Å². The van der Waals surface area contributed by atoms with Gasteiger partial charge in [0.1, 0.15) is 7.85 Å². The van der Waals surface area contributed by atoms with Gasteiger partial charge < -0.3 is 19.9 Å². The van der Waals surface area contributed by atoms with Crippen LogP contribution in [0.15, 0.2) is 47.3 Å². The largest absolute Gasteiger partial charge is 0.379 e. The minimum atomic E-state index is -0.155. The third-order valence-electron chi connectivity index (χ3n) is 9.42. The van der Waals surface area contributed by atoms with E-state index in [0.29, 0.717) is 17.2 Å². The van der Waals surface area contributed by atoms with E-state index in [1.165, 1.54) is 31.2 Å². The summed E-state index contributed by atoms with van der Waals surface area (Å²) in [6.45, 7) is 13.6. The number of nitrogens with one attached hydrogen (secondary N) is 2. The highest BCUT2D eigenvalue weighted by Crippen LogP contribution is 2.37. The molecule has 0 radical (unpaired) electrons. The standard InChI is InChI=1S/C35H47BN4O3/c1-5-40(30-12-10-29(36)11-13-30)33-20-28(27-8-6-26(7-9-27)22-39-14-16-43-17-15-39)19-31(25(33)4)34(41)37-21-32-23(2)18-24(3)38-35(32)42/h6-9,18-20,29-30H,5,10-17,21-22,36H2,1-4H3,(H,37,41)(H,38,42)/t29-,30-. The van der Waals surface area contributed by atoms with Crippen molar-refractivity contribution in [1.82, 2.24) is 15.2 Å². The first-order chi connectivity index (χ1) is 20.7. The van der Waals surface area contributed by atoms with E-state index in [-0.39, 0.29) is 18.0 Å². The van der Waals surface area contributed by atoms with Crippen LogP contribution < -0.4 is 15.8 Å². The number of nitrogens with zero attached hydrogens (tertiary/aromatic N) is 2. The first kappa shape index (κ1) is 31.1. The van der Waals surface area contributed by atoms with Gasteiger partial charge in [0.25, 0.3) is 11.5 Å². The number of aryl methyl sites for hydroxylation is 2. The molecule has 7 nitrogen and oxygen atoms in total. The van der Waals surface area contributed by atoms with E-state index < -0.39 is 0 Å². The fraction of sp³-hybridized carbons (Fsp3) is 0.486. The fourth-order valence-electron chi connectivity index (χ4n) is 6.76. The van der Waals surface area contributed by atoms with Crippen molar-refractivity contribution >= 4 is 19.4 Å². The van der Waals surface area contributed by atoms with Gasteiger partial charge in [0.15, 0.2) is 0 Å². The summed E-state index contributed by atoms with van der Waals surface area (Å²) in [5.41, 5.74) is 8.34. The van der Waals surface area contributed by atoms with Crippen LogP contribution in [0.5, 0.6) is 0 Å². The van der Waals surface area contributed by atoms with Gasteiger partial charge in [0.2, 0.25) is 0 Å². The molecule has 1 aromatic heterocycles. The van der Waals surface area contributed by atoms with Crippen molar-refractivity contribution in [3.8, 4) is 11.1 Å². The van der Waals surface area contributed by atoms with Crippen LogP contribution in [-0.4, -0.2) is 62.5 Å². The summed E-state index contributed by atoms with van der Waals surface area (Å²) in [4.78, 5) is 34.2. The predicted octanol–water partition coefficient (Wildman–Crippen LogP) is 4.92. The Bertz CT molecular complexity index is 1470. The Morgan fingerprint density at radius 1 is 1.02 bits per heavy atom. The molecule has 1 saturated heterocycles. The van der Waals surface area contributed by atoms with E-state index in [1.807, 2.05) is 26.0 Å². The molecule has 2 aliphatic rings. The van der Waals surface area contributed by atoms with Crippen molar-refractivity contribution in [2.24, 2.45) is 0 Å². The second-order valence-electron chi connectivity index (χ2n) is 12.6. The number of H-pyrrole nitrogens is 1. The molecule has 2 N–H and O–H groups in total. The fourth-order valence-corrected chi connectivity index (χ4v) is 6.76. The van der Waals surface area contributed by atoms with E-state index in [4.69, 9.17) is 4.74 Å². The van der Waals surface area contributed by atoms with Crippen molar-refractivity contribution in [1.29, 1.82) is 0 Å². The molecule has 1 saturated carbocycles. The lowest BCUT2D eigenvalue weighted by Gasteiger charge is -2.38. The van der Waals surface area contributed by atoms with E-state index in [2.05, 4.69) is 72.1 Å². The summed E-state index contributed by atoms with van der Waals surface area (Å²) >= 11 is 0. The molecule has 43 heavy (non-hydrogen) atoms. The molecule has 1 aliphatic heterocycles.